The van der Waals surface area contributed by atoms with Crippen LogP contribution in [0.3, 0.4) is 0 Å². The number of benzene rings is 20. The molecule has 606 valence electrons. The van der Waals surface area contributed by atoms with Crippen LogP contribution in [-0.2, 0) is 10.8 Å². The van der Waals surface area contributed by atoms with Crippen molar-refractivity contribution in [2.24, 2.45) is 0 Å². The molecule has 1 aliphatic carbocycles. The molecule has 0 aliphatic heterocycles. The molecule has 0 saturated heterocycles. The molecule has 21 rings (SSSR count). The third-order valence-corrected chi connectivity index (χ3v) is 26.9. The van der Waals surface area contributed by atoms with Crippen molar-refractivity contribution in [3.05, 3.63) is 540 Å². The van der Waals surface area contributed by atoms with Crippen molar-refractivity contribution in [2.75, 3.05) is 0 Å². The summed E-state index contributed by atoms with van der Waals surface area (Å²) in [6.45, 7) is 15.3. The van der Waals surface area contributed by atoms with Crippen LogP contribution in [0.25, 0.3) is 179 Å². The second-order valence-corrected chi connectivity index (χ2v) is 34.3. The predicted octanol–water partition coefficient (Wildman–Crippen LogP) is 34.7. The van der Waals surface area contributed by atoms with Crippen LogP contribution in [0.5, 0.6) is 0 Å². The highest BCUT2D eigenvalue weighted by Crippen LogP contribution is 2.58. The molecule has 0 heterocycles. The lowest BCUT2D eigenvalue weighted by atomic mass is 9.66. The maximum Gasteiger partial charge on any atom is 0.0713 e. The molecule has 0 spiro atoms. The minimum atomic E-state index is -0.546. The van der Waals surface area contributed by atoms with Gasteiger partial charge in [0.05, 0.1) is 5.41 Å². The van der Waals surface area contributed by atoms with Crippen molar-refractivity contribution in [1.29, 1.82) is 0 Å². The number of fused-ring (bicyclic) bond motifs is 7. The van der Waals surface area contributed by atoms with Gasteiger partial charge in [-0.2, -0.15) is 0 Å². The van der Waals surface area contributed by atoms with Gasteiger partial charge in [-0.1, -0.05) is 499 Å². The van der Waals surface area contributed by atoms with Crippen LogP contribution in [0.15, 0.2) is 479 Å². The fourth-order valence-electron chi connectivity index (χ4n) is 20.5. The Bertz CT molecular complexity index is 7580. The van der Waals surface area contributed by atoms with Gasteiger partial charge >= 0.3 is 0 Å². The number of hydrogen-bond acceptors (Lipinski definition) is 0. The summed E-state index contributed by atoms with van der Waals surface area (Å²) in [5, 5.41) is 9.90. The Morgan fingerprint density at radius 3 is 0.922 bits per heavy atom. The molecule has 0 fully saturated rings. The van der Waals surface area contributed by atoms with E-state index >= 15 is 0 Å². The van der Waals surface area contributed by atoms with E-state index in [4.69, 9.17) is 6.58 Å². The molecular weight excluding hydrogens is 1540 g/mol. The van der Waals surface area contributed by atoms with Crippen molar-refractivity contribution in [1.82, 2.24) is 0 Å². The summed E-state index contributed by atoms with van der Waals surface area (Å²) in [6.07, 6.45) is 14.0. The van der Waals surface area contributed by atoms with Crippen LogP contribution >= 0.6 is 0 Å². The molecule has 0 heteroatoms. The second kappa shape index (κ2) is 34.0. The molecule has 0 radical (unpaired) electrons. The smallest absolute Gasteiger partial charge is 0.0713 e. The Balaban J connectivity index is 0.506. The average molecular weight is 1630 g/mol. The van der Waals surface area contributed by atoms with Gasteiger partial charge in [0, 0.05) is 5.41 Å². The maximum atomic E-state index is 4.69. The highest BCUT2D eigenvalue weighted by atomic mass is 14.5. The molecule has 0 N–H and O–H groups in total. The monoisotopic (exact) mass is 1630 g/mol. The third-order valence-electron chi connectivity index (χ3n) is 26.9. The maximum absolute atomic E-state index is 4.69. The van der Waals surface area contributed by atoms with Crippen molar-refractivity contribution in [3.63, 3.8) is 0 Å². The number of allylic oxidation sites excluding steroid dienone is 4. The summed E-state index contributed by atoms with van der Waals surface area (Å²) in [5.41, 5.74) is 38.8. The quantitative estimate of drug-likeness (QED) is 0.0382. The summed E-state index contributed by atoms with van der Waals surface area (Å²) in [7, 11) is 0. The Kier molecular flexibility index (Phi) is 21.1. The first-order chi connectivity index (χ1) is 63.0. The number of rotatable bonds is 21. The molecule has 2 atom stereocenters. The van der Waals surface area contributed by atoms with E-state index in [0.717, 1.165) is 34.3 Å². The predicted molar refractivity (Wildman–Crippen MR) is 549 cm³/mol. The van der Waals surface area contributed by atoms with Crippen molar-refractivity contribution >= 4 is 67.4 Å². The molecule has 0 aromatic heterocycles. The zero-order valence-corrected chi connectivity index (χ0v) is 72.2. The molecular formula is C128H94. The number of aryl methyl sites for hydroxylation is 1. The van der Waals surface area contributed by atoms with Gasteiger partial charge in [-0.3, -0.25) is 0 Å². The van der Waals surface area contributed by atoms with E-state index in [1.165, 1.54) is 199 Å². The van der Waals surface area contributed by atoms with Crippen LogP contribution in [0.1, 0.15) is 81.5 Å². The third kappa shape index (κ3) is 14.5. The van der Waals surface area contributed by atoms with Gasteiger partial charge in [0.15, 0.2) is 0 Å². The van der Waals surface area contributed by atoms with Crippen LogP contribution in [-0.4, -0.2) is 0 Å². The van der Waals surface area contributed by atoms with E-state index in [1.54, 1.807) is 0 Å². The van der Waals surface area contributed by atoms with Crippen LogP contribution in [0.2, 0.25) is 0 Å². The lowest BCUT2D eigenvalue weighted by Crippen LogP contribution is -2.29. The normalized spacial score (nSPS) is 13.5. The van der Waals surface area contributed by atoms with Crippen LogP contribution in [0, 0.1) is 6.92 Å². The molecule has 2 unspecified atom stereocenters. The molecule has 0 saturated carbocycles. The highest BCUT2D eigenvalue weighted by molar-refractivity contribution is 6.23. The molecule has 1 aliphatic rings. The molecule has 0 nitrogen and oxygen atoms in total. The first kappa shape index (κ1) is 79.3. The van der Waals surface area contributed by atoms with Gasteiger partial charge in [0.25, 0.3) is 0 Å². The Morgan fingerprint density at radius 1 is 0.258 bits per heavy atom. The molecule has 0 bridgehead atoms. The lowest BCUT2D eigenvalue weighted by molar-refractivity contribution is 0.590. The molecule has 20 aromatic carbocycles. The summed E-state index contributed by atoms with van der Waals surface area (Å²) in [6, 6.07) is 164. The van der Waals surface area contributed by atoms with E-state index in [-0.39, 0.29) is 5.41 Å². The standard InChI is InChI=1S/C128H94/c1-6-127(88(5)42-41-86(2)3,120-39-23-13-25-87(120)4)107-80-75-99(76-81-107)97-67-71-104(72-68-97)125-115-35-18-14-31-111(115)123(112-32-15-19-36-116(112)125)103-61-53-92(54-62-103)46-44-90-49-57-95(58-50-90)96-63-65-101(66-64-96)106-79-84-122-119(85-106)110-30-22-24-40-121(110)128(122,108-28-11-8-12-29-108)109-82-77-100(78-83-109)98-69-73-105(74-70-98)126-117-37-20-16-33-113(117)124(114-34-17-21-38-118(114)126)102-59-51-91(52-60-102)45-43-89-47-55-94(56-48-89)93-26-9-7-10-27-93/h7-85H,2,5-6H2,1,3-4H3. The van der Waals surface area contributed by atoms with Crippen molar-refractivity contribution in [3.8, 4) is 111 Å². The van der Waals surface area contributed by atoms with Gasteiger partial charge in [0.1, 0.15) is 0 Å². The lowest BCUT2D eigenvalue weighted by Gasteiger charge is -2.37. The average Bonchev–Trinajstić information content (AvgIpc) is 1.52. The summed E-state index contributed by atoms with van der Waals surface area (Å²) in [5.74, 6) is 0. The van der Waals surface area contributed by atoms with Gasteiger partial charge in [-0.25, -0.2) is 0 Å². The highest BCUT2D eigenvalue weighted by Gasteiger charge is 2.46. The van der Waals surface area contributed by atoms with Crippen molar-refractivity contribution in [2.45, 2.75) is 38.0 Å². The van der Waals surface area contributed by atoms with Crippen LogP contribution < -0.4 is 0 Å². The first-order valence-electron chi connectivity index (χ1n) is 44.7. The van der Waals surface area contributed by atoms with Crippen molar-refractivity contribution < 1.29 is 0 Å². The fraction of sp³-hybridized carbons (Fsp3) is 0.0469. The summed E-state index contributed by atoms with van der Waals surface area (Å²) < 4.78 is 0. The molecule has 0 amide bonds. The first-order valence-corrected chi connectivity index (χ1v) is 44.7. The van der Waals surface area contributed by atoms with Gasteiger partial charge in [-0.05, 0) is 247 Å². The van der Waals surface area contributed by atoms with Gasteiger partial charge < -0.3 is 0 Å². The van der Waals surface area contributed by atoms with E-state index in [0.29, 0.717) is 0 Å². The van der Waals surface area contributed by atoms with Gasteiger partial charge in [-0.15, -0.1) is 0 Å². The van der Waals surface area contributed by atoms with Gasteiger partial charge in [0.2, 0.25) is 0 Å². The zero-order valence-electron chi connectivity index (χ0n) is 72.2. The van der Waals surface area contributed by atoms with E-state index in [9.17, 15) is 0 Å². The largest absolute Gasteiger partial charge is 0.0961 e. The Hall–Kier alpha value is -15.9. The molecule has 128 heavy (non-hydrogen) atoms. The Morgan fingerprint density at radius 2 is 0.539 bits per heavy atom. The summed E-state index contributed by atoms with van der Waals surface area (Å²) >= 11 is 0. The topological polar surface area (TPSA) is 0 Å². The van der Waals surface area contributed by atoms with E-state index in [1.807, 2.05) is 6.92 Å². The minimum Gasteiger partial charge on any atom is -0.0961 e. The summed E-state index contributed by atoms with van der Waals surface area (Å²) in [4.78, 5) is 0. The fourth-order valence-corrected chi connectivity index (χ4v) is 20.5. The second-order valence-electron chi connectivity index (χ2n) is 34.3. The SMILES string of the molecule is C=C(C)C=CC(=C)C(CC)(c1ccc(-c2ccc(-c3c4ccccc4c(-c4ccc(C=Cc5ccc(-c6ccc(-c7ccc8c(c7)-c7ccccc7C8(c7ccccc7)c7ccc(-c8ccc(-c9c%10ccccc%10c(-c%10ccc(C=Cc%11ccc(-c%12ccccc%12)cc%11)cc%10)c%10ccccc9%10)cc8)cc7)cc6)cc5)cc4)c4ccccc34)cc2)cc1)c1ccccc1C. The van der Waals surface area contributed by atoms with E-state index in [2.05, 4.69) is 500 Å². The molecule has 20 aromatic rings. The minimum absolute atomic E-state index is 0.384. The van der Waals surface area contributed by atoms with Crippen LogP contribution in [0.4, 0.5) is 0 Å². The number of hydrogen-bond donors (Lipinski definition) is 0. The van der Waals surface area contributed by atoms with E-state index < -0.39 is 5.41 Å². The Labute approximate surface area is 751 Å². The zero-order chi connectivity index (χ0) is 86.2.